The number of halogens is 4. The molecule has 1 aromatic carbocycles. The smallest absolute Gasteiger partial charge is 0.475 e. The Labute approximate surface area is 201 Å². The van der Waals surface area contributed by atoms with Crippen LogP contribution >= 0.6 is 0 Å². The van der Waals surface area contributed by atoms with E-state index in [-0.39, 0.29) is 18.4 Å². The van der Waals surface area contributed by atoms with Gasteiger partial charge in [-0.05, 0) is 41.5 Å². The summed E-state index contributed by atoms with van der Waals surface area (Å²) < 4.78 is 72.5. The fourth-order valence-corrected chi connectivity index (χ4v) is 6.45. The first-order valence-corrected chi connectivity index (χ1v) is 11.9. The topological polar surface area (TPSA) is 122 Å². The Kier molecular flexibility index (Phi) is 6.32. The minimum Gasteiger partial charge on any atom is -0.475 e. The summed E-state index contributed by atoms with van der Waals surface area (Å²) in [6, 6.07) is 9.65. The molecular formula is C22H18F4N4O5S. The second-order valence-electron chi connectivity index (χ2n) is 8.17. The van der Waals surface area contributed by atoms with Crippen molar-refractivity contribution in [1.82, 2.24) is 19.7 Å². The van der Waals surface area contributed by atoms with Crippen molar-refractivity contribution in [1.29, 1.82) is 0 Å². The molecule has 1 amide bonds. The average molecular weight is 526 g/mol. The van der Waals surface area contributed by atoms with Crippen LogP contribution in [-0.4, -0.2) is 69.6 Å². The number of hydrogen-bond donors (Lipinski definition) is 1. The van der Waals surface area contributed by atoms with Crippen molar-refractivity contribution >= 4 is 21.7 Å². The lowest BCUT2D eigenvalue weighted by Crippen LogP contribution is -2.32. The van der Waals surface area contributed by atoms with E-state index >= 15 is 0 Å². The van der Waals surface area contributed by atoms with E-state index < -0.39 is 33.2 Å². The van der Waals surface area contributed by atoms with Gasteiger partial charge in [0.05, 0.1) is 10.1 Å². The molecule has 4 heterocycles. The number of rotatable bonds is 2. The number of nitrogens with zero attached hydrogens (tertiary/aromatic N) is 4. The van der Waals surface area contributed by atoms with Gasteiger partial charge in [0.2, 0.25) is 5.95 Å². The van der Waals surface area contributed by atoms with Crippen molar-refractivity contribution in [2.24, 2.45) is 7.05 Å². The van der Waals surface area contributed by atoms with Gasteiger partial charge in [0.25, 0.3) is 5.91 Å². The molecule has 2 atom stereocenters. The standard InChI is InChI=1S/C20H17FN4O3S.C2HF3O2/c1-24-16(6-7-23-24)20(26)25-10-15-14-8-12(13-3-5-19(21)22-9-13)2-4-17(14)29(27,28)18(15)11-25;3-2(4,5)1(6)7/h2-9,15,18H,10-11H2,1H3;(H,6,7). The van der Waals surface area contributed by atoms with E-state index in [1.807, 2.05) is 6.07 Å². The maximum Gasteiger partial charge on any atom is 0.490 e. The van der Waals surface area contributed by atoms with Crippen LogP contribution in [-0.2, 0) is 21.7 Å². The molecule has 36 heavy (non-hydrogen) atoms. The summed E-state index contributed by atoms with van der Waals surface area (Å²) in [5, 5.41) is 10.5. The number of aliphatic carboxylic acids is 1. The highest BCUT2D eigenvalue weighted by molar-refractivity contribution is 7.92. The number of likely N-dealkylation sites (tertiary alicyclic amines) is 1. The number of hydrogen-bond acceptors (Lipinski definition) is 6. The molecule has 0 saturated carbocycles. The number of aryl methyl sites for hydroxylation is 1. The van der Waals surface area contributed by atoms with Gasteiger partial charge in [-0.3, -0.25) is 9.48 Å². The van der Waals surface area contributed by atoms with E-state index in [0.29, 0.717) is 28.3 Å². The van der Waals surface area contributed by atoms with Gasteiger partial charge in [-0.2, -0.15) is 22.7 Å². The number of carbonyl (C=O) groups is 2. The van der Waals surface area contributed by atoms with Gasteiger partial charge in [-0.15, -0.1) is 0 Å². The highest BCUT2D eigenvalue weighted by Gasteiger charge is 2.51. The molecule has 2 aromatic heterocycles. The Morgan fingerprint density at radius 1 is 1.08 bits per heavy atom. The van der Waals surface area contributed by atoms with E-state index in [1.165, 1.54) is 16.9 Å². The average Bonchev–Trinajstić information content (AvgIpc) is 3.49. The molecule has 2 unspecified atom stereocenters. The van der Waals surface area contributed by atoms with Crippen LogP contribution in [0, 0.1) is 5.95 Å². The number of pyridine rings is 1. The van der Waals surface area contributed by atoms with Crippen molar-refractivity contribution < 1.29 is 40.7 Å². The molecule has 1 saturated heterocycles. The van der Waals surface area contributed by atoms with Crippen molar-refractivity contribution in [2.75, 3.05) is 13.1 Å². The fraction of sp³-hybridized carbons (Fsp3) is 0.273. The molecule has 190 valence electrons. The molecule has 9 nitrogen and oxygen atoms in total. The molecular weight excluding hydrogens is 508 g/mol. The molecule has 2 aliphatic rings. The number of aromatic nitrogens is 3. The lowest BCUT2D eigenvalue weighted by atomic mass is 9.95. The van der Waals surface area contributed by atoms with E-state index in [4.69, 9.17) is 9.90 Å². The number of carbonyl (C=O) groups excluding carboxylic acids is 1. The van der Waals surface area contributed by atoms with E-state index in [1.54, 1.807) is 42.4 Å². The van der Waals surface area contributed by atoms with Crippen LogP contribution in [0.3, 0.4) is 0 Å². The third kappa shape index (κ3) is 4.55. The summed E-state index contributed by atoms with van der Waals surface area (Å²) in [6.07, 6.45) is -2.12. The van der Waals surface area contributed by atoms with E-state index in [0.717, 1.165) is 5.56 Å². The molecule has 0 spiro atoms. The number of alkyl halides is 3. The van der Waals surface area contributed by atoms with Gasteiger partial charge in [0, 0.05) is 44.0 Å². The molecule has 5 rings (SSSR count). The minimum atomic E-state index is -5.08. The summed E-state index contributed by atoms with van der Waals surface area (Å²) in [7, 11) is -1.85. The summed E-state index contributed by atoms with van der Waals surface area (Å²) in [5.41, 5.74) is 2.60. The Hall–Kier alpha value is -3.81. The van der Waals surface area contributed by atoms with Gasteiger partial charge in [0.15, 0.2) is 9.84 Å². The van der Waals surface area contributed by atoms with E-state index in [9.17, 15) is 30.8 Å². The van der Waals surface area contributed by atoms with Crippen LogP contribution in [0.1, 0.15) is 22.0 Å². The monoisotopic (exact) mass is 526 g/mol. The third-order valence-corrected chi connectivity index (χ3v) is 8.27. The predicted molar refractivity (Wildman–Crippen MR) is 116 cm³/mol. The fourth-order valence-electron chi connectivity index (χ4n) is 4.29. The first-order chi connectivity index (χ1) is 16.8. The second kappa shape index (κ2) is 9.00. The lowest BCUT2D eigenvalue weighted by molar-refractivity contribution is -0.192. The van der Waals surface area contributed by atoms with Crippen molar-refractivity contribution in [3.8, 4) is 11.1 Å². The quantitative estimate of drug-likeness (QED) is 0.402. The first kappa shape index (κ1) is 25.3. The van der Waals surface area contributed by atoms with Gasteiger partial charge < -0.3 is 10.0 Å². The normalized spacial score (nSPS) is 19.8. The maximum atomic E-state index is 13.1. The van der Waals surface area contributed by atoms with Gasteiger partial charge in [-0.25, -0.2) is 18.2 Å². The summed E-state index contributed by atoms with van der Waals surface area (Å²) >= 11 is 0. The van der Waals surface area contributed by atoms with Crippen LogP contribution in [0.5, 0.6) is 0 Å². The molecule has 1 N–H and O–H groups in total. The third-order valence-electron chi connectivity index (χ3n) is 6.01. The Morgan fingerprint density at radius 2 is 1.75 bits per heavy atom. The summed E-state index contributed by atoms with van der Waals surface area (Å²) in [4.78, 5) is 27.3. The number of amides is 1. The highest BCUT2D eigenvalue weighted by atomic mass is 32.2. The number of carboxylic acids is 1. The second-order valence-corrected chi connectivity index (χ2v) is 10.3. The zero-order valence-corrected chi connectivity index (χ0v) is 19.3. The molecule has 0 radical (unpaired) electrons. The Bertz CT molecular complexity index is 1440. The number of fused-ring (bicyclic) bond motifs is 3. The van der Waals surface area contributed by atoms with Gasteiger partial charge in [0.1, 0.15) is 5.69 Å². The van der Waals surface area contributed by atoms with Crippen LogP contribution in [0.4, 0.5) is 17.6 Å². The zero-order valence-electron chi connectivity index (χ0n) is 18.5. The molecule has 0 bridgehead atoms. The minimum absolute atomic E-state index is 0.152. The van der Waals surface area contributed by atoms with Gasteiger partial charge in [-0.1, -0.05) is 6.07 Å². The van der Waals surface area contributed by atoms with Crippen molar-refractivity contribution in [3.63, 3.8) is 0 Å². The molecule has 3 aromatic rings. The molecule has 1 fully saturated rings. The highest BCUT2D eigenvalue weighted by Crippen LogP contribution is 2.46. The van der Waals surface area contributed by atoms with Crippen LogP contribution in [0.15, 0.2) is 53.7 Å². The maximum absolute atomic E-state index is 13.1. The summed E-state index contributed by atoms with van der Waals surface area (Å²) in [5.74, 6) is -3.85. The van der Waals surface area contributed by atoms with Crippen LogP contribution in [0.2, 0.25) is 0 Å². The number of sulfone groups is 1. The zero-order chi connectivity index (χ0) is 26.4. The Balaban J connectivity index is 0.000000384. The predicted octanol–water partition coefficient (Wildman–Crippen LogP) is 2.65. The lowest BCUT2D eigenvalue weighted by Gasteiger charge is -2.18. The molecule has 2 aliphatic heterocycles. The van der Waals surface area contributed by atoms with Crippen molar-refractivity contribution in [2.45, 2.75) is 22.2 Å². The Morgan fingerprint density at radius 3 is 2.31 bits per heavy atom. The van der Waals surface area contributed by atoms with Gasteiger partial charge >= 0.3 is 12.1 Å². The van der Waals surface area contributed by atoms with E-state index in [2.05, 4.69) is 10.1 Å². The largest absolute Gasteiger partial charge is 0.490 e. The number of carboxylic acid groups (broad SMARTS) is 1. The van der Waals surface area contributed by atoms with Crippen LogP contribution < -0.4 is 0 Å². The number of benzene rings is 1. The SMILES string of the molecule is Cn1nccc1C(=O)N1CC2c3cc(-c4ccc(F)nc4)ccc3S(=O)(=O)C2C1.O=C(O)C(F)(F)F. The summed E-state index contributed by atoms with van der Waals surface area (Å²) in [6.45, 7) is 0.477. The first-order valence-electron chi connectivity index (χ1n) is 10.4. The van der Waals surface area contributed by atoms with Crippen LogP contribution in [0.25, 0.3) is 11.1 Å². The van der Waals surface area contributed by atoms with Crippen molar-refractivity contribution in [3.05, 3.63) is 66.0 Å². The molecule has 14 heteroatoms. The molecule has 0 aliphatic carbocycles.